The van der Waals surface area contributed by atoms with Gasteiger partial charge in [-0.3, -0.25) is 4.79 Å². The molecular weight excluding hydrogens is 358 g/mol. The Hall–Kier alpha value is -2.04. The molecule has 0 spiro atoms. The number of fused-ring (bicyclic) bond motifs is 1. The van der Waals surface area contributed by atoms with Gasteiger partial charge in [-0.25, -0.2) is 4.79 Å². The summed E-state index contributed by atoms with van der Waals surface area (Å²) >= 11 is 0. The average Bonchev–Trinajstić information content (AvgIpc) is 2.64. The van der Waals surface area contributed by atoms with Gasteiger partial charge in [0.05, 0.1) is 6.61 Å². The van der Waals surface area contributed by atoms with Gasteiger partial charge in [-0.2, -0.15) is 0 Å². The van der Waals surface area contributed by atoms with Crippen LogP contribution in [0.15, 0.2) is 30.3 Å². The van der Waals surface area contributed by atoms with E-state index < -0.39 is 54.9 Å². The number of carbonyl (C=O) groups is 2. The summed E-state index contributed by atoms with van der Waals surface area (Å²) in [6.07, 6.45) is -5.61. The maximum absolute atomic E-state index is 11.6. The van der Waals surface area contributed by atoms with Gasteiger partial charge in [-0.05, 0) is 6.92 Å². The van der Waals surface area contributed by atoms with Crippen molar-refractivity contribution in [2.75, 3.05) is 6.61 Å². The van der Waals surface area contributed by atoms with Gasteiger partial charge in [0.2, 0.25) is 5.91 Å². The number of rotatable bonds is 5. The number of aliphatic hydroxyl groups is 1. The molecule has 148 valence electrons. The molecule has 0 aromatic heterocycles. The number of carbonyl (C=O) groups excluding carboxylic acids is 1. The number of hydrogen-bond donors (Lipinski definition) is 3. The van der Waals surface area contributed by atoms with Crippen LogP contribution in [0.5, 0.6) is 0 Å². The normalized spacial score (nSPS) is 34.3. The zero-order valence-electron chi connectivity index (χ0n) is 15.0. The van der Waals surface area contributed by atoms with Crippen molar-refractivity contribution in [3.8, 4) is 0 Å². The molecule has 7 atom stereocenters. The van der Waals surface area contributed by atoms with Crippen LogP contribution >= 0.6 is 0 Å². The number of carboxylic acid groups (broad SMARTS) is 1. The van der Waals surface area contributed by atoms with E-state index in [4.69, 9.17) is 18.9 Å². The first kappa shape index (κ1) is 19.7. The van der Waals surface area contributed by atoms with Gasteiger partial charge < -0.3 is 34.5 Å². The van der Waals surface area contributed by atoms with Gasteiger partial charge in [0.1, 0.15) is 24.4 Å². The molecule has 0 radical (unpaired) electrons. The lowest BCUT2D eigenvalue weighted by molar-refractivity contribution is -0.344. The predicted molar refractivity (Wildman–Crippen MR) is 90.5 cm³/mol. The van der Waals surface area contributed by atoms with Crippen molar-refractivity contribution in [3.63, 3.8) is 0 Å². The van der Waals surface area contributed by atoms with Crippen molar-refractivity contribution in [1.29, 1.82) is 0 Å². The van der Waals surface area contributed by atoms with Crippen molar-refractivity contribution < 1.29 is 38.7 Å². The van der Waals surface area contributed by atoms with Crippen molar-refractivity contribution in [2.24, 2.45) is 0 Å². The summed E-state index contributed by atoms with van der Waals surface area (Å²) in [4.78, 5) is 22.8. The maximum Gasteiger partial charge on any atom is 0.332 e. The summed E-state index contributed by atoms with van der Waals surface area (Å²) in [6, 6.07) is 8.24. The zero-order valence-corrected chi connectivity index (χ0v) is 15.0. The van der Waals surface area contributed by atoms with Crippen molar-refractivity contribution in [2.45, 2.75) is 56.9 Å². The van der Waals surface area contributed by atoms with Crippen LogP contribution in [-0.2, 0) is 28.5 Å². The molecule has 0 saturated carbocycles. The highest BCUT2D eigenvalue weighted by Crippen LogP contribution is 2.35. The molecule has 0 unspecified atom stereocenters. The van der Waals surface area contributed by atoms with Crippen LogP contribution in [-0.4, -0.2) is 65.4 Å². The van der Waals surface area contributed by atoms with E-state index in [1.807, 2.05) is 30.3 Å². The third-order valence-corrected chi connectivity index (χ3v) is 4.51. The largest absolute Gasteiger partial charge is 0.479 e. The molecule has 2 fully saturated rings. The van der Waals surface area contributed by atoms with Gasteiger partial charge in [-0.1, -0.05) is 30.3 Å². The average molecular weight is 381 g/mol. The molecular formula is C18H23NO8. The molecule has 0 aliphatic carbocycles. The minimum Gasteiger partial charge on any atom is -0.479 e. The number of nitrogens with one attached hydrogen (secondary N) is 1. The summed E-state index contributed by atoms with van der Waals surface area (Å²) in [7, 11) is 0. The topological polar surface area (TPSA) is 124 Å². The molecule has 1 amide bonds. The van der Waals surface area contributed by atoms with Crippen LogP contribution in [0.4, 0.5) is 0 Å². The van der Waals surface area contributed by atoms with E-state index in [1.165, 1.54) is 13.8 Å². The zero-order chi connectivity index (χ0) is 19.6. The molecule has 1 aromatic rings. The second kappa shape index (κ2) is 8.32. The number of amides is 1. The Bertz CT molecular complexity index is 669. The van der Waals surface area contributed by atoms with E-state index in [1.54, 1.807) is 0 Å². The maximum atomic E-state index is 11.6. The van der Waals surface area contributed by atoms with E-state index in [2.05, 4.69) is 5.32 Å². The standard InChI is InChI=1S/C18H23NO8/c1-9(16(21)22)25-15-13(19-10(2)20)17(23)26-12-8-24-18(27-14(12)15)11-6-4-3-5-7-11/h3-7,9,12-15,17-18,23H,8H2,1-2H3,(H,19,20)(H,21,22)/t9-,12-,13+,14-,15+,17-,18+/m1/s1. The first-order valence-corrected chi connectivity index (χ1v) is 8.67. The lowest BCUT2D eigenvalue weighted by Crippen LogP contribution is -2.67. The second-order valence-electron chi connectivity index (χ2n) is 6.55. The number of benzene rings is 1. The Morgan fingerprint density at radius 1 is 1.26 bits per heavy atom. The van der Waals surface area contributed by atoms with E-state index in [0.29, 0.717) is 0 Å². The minimum atomic E-state index is -1.39. The molecule has 0 bridgehead atoms. The van der Waals surface area contributed by atoms with E-state index in [9.17, 15) is 19.8 Å². The predicted octanol–water partition coefficient (Wildman–Crippen LogP) is 0.181. The van der Waals surface area contributed by atoms with Crippen LogP contribution in [0.1, 0.15) is 25.7 Å². The highest BCUT2D eigenvalue weighted by molar-refractivity contribution is 5.73. The fraction of sp³-hybridized carbons (Fsp3) is 0.556. The Labute approximate surface area is 156 Å². The van der Waals surface area contributed by atoms with Crippen LogP contribution in [0.2, 0.25) is 0 Å². The summed E-state index contributed by atoms with van der Waals surface area (Å²) in [5.41, 5.74) is 0.781. The Morgan fingerprint density at radius 2 is 1.96 bits per heavy atom. The van der Waals surface area contributed by atoms with Crippen LogP contribution < -0.4 is 5.32 Å². The highest BCUT2D eigenvalue weighted by Gasteiger charge is 2.51. The first-order valence-electron chi connectivity index (χ1n) is 8.67. The monoisotopic (exact) mass is 381 g/mol. The number of ether oxygens (including phenoxy) is 4. The molecule has 2 saturated heterocycles. The molecule has 1 aromatic carbocycles. The lowest BCUT2D eigenvalue weighted by Gasteiger charge is -2.48. The Balaban J connectivity index is 1.85. The number of aliphatic carboxylic acids is 1. The summed E-state index contributed by atoms with van der Waals surface area (Å²) in [6.45, 7) is 2.78. The van der Waals surface area contributed by atoms with Crippen molar-refractivity contribution in [3.05, 3.63) is 35.9 Å². The summed E-state index contributed by atoms with van der Waals surface area (Å²) < 4.78 is 22.9. The van der Waals surface area contributed by atoms with Crippen molar-refractivity contribution in [1.82, 2.24) is 5.32 Å². The molecule has 2 heterocycles. The van der Waals surface area contributed by atoms with Gasteiger partial charge in [0, 0.05) is 12.5 Å². The Morgan fingerprint density at radius 3 is 2.59 bits per heavy atom. The van der Waals surface area contributed by atoms with Gasteiger partial charge in [0.25, 0.3) is 0 Å². The molecule has 3 N–H and O–H groups in total. The molecule has 2 aliphatic heterocycles. The third-order valence-electron chi connectivity index (χ3n) is 4.51. The van der Waals surface area contributed by atoms with Gasteiger partial charge in [0.15, 0.2) is 18.7 Å². The molecule has 9 nitrogen and oxygen atoms in total. The summed E-state index contributed by atoms with van der Waals surface area (Å²) in [5, 5.41) is 22.0. The van der Waals surface area contributed by atoms with E-state index in [0.717, 1.165) is 5.56 Å². The first-order chi connectivity index (χ1) is 12.9. The molecule has 3 rings (SSSR count). The van der Waals surface area contributed by atoms with Crippen LogP contribution in [0.25, 0.3) is 0 Å². The SMILES string of the molecule is CC(=O)N[C@H]1[C@H](O[C@H](C)C(=O)O)[C@@H]2O[C@@H](c3ccccc3)OC[C@H]2O[C@H]1O. The van der Waals surface area contributed by atoms with Gasteiger partial charge >= 0.3 is 5.97 Å². The highest BCUT2D eigenvalue weighted by atomic mass is 16.7. The van der Waals surface area contributed by atoms with Crippen molar-refractivity contribution >= 4 is 11.9 Å². The number of carboxylic acids is 1. The fourth-order valence-corrected chi connectivity index (χ4v) is 3.21. The summed E-state index contributed by atoms with van der Waals surface area (Å²) in [5.74, 6) is -1.58. The molecule has 9 heteroatoms. The fourth-order valence-electron chi connectivity index (χ4n) is 3.21. The van der Waals surface area contributed by atoms with Crippen LogP contribution in [0.3, 0.4) is 0 Å². The minimum absolute atomic E-state index is 0.120. The van der Waals surface area contributed by atoms with E-state index >= 15 is 0 Å². The number of aliphatic hydroxyl groups excluding tert-OH is 1. The molecule has 2 aliphatic rings. The van der Waals surface area contributed by atoms with Crippen LogP contribution in [0, 0.1) is 0 Å². The third kappa shape index (κ3) is 4.45. The van der Waals surface area contributed by atoms with Gasteiger partial charge in [-0.15, -0.1) is 0 Å². The second-order valence-corrected chi connectivity index (χ2v) is 6.55. The van der Waals surface area contributed by atoms with E-state index in [-0.39, 0.29) is 6.61 Å². The lowest BCUT2D eigenvalue weighted by atomic mass is 9.95. The quantitative estimate of drug-likeness (QED) is 0.660. The smallest absolute Gasteiger partial charge is 0.332 e. The molecule has 27 heavy (non-hydrogen) atoms. The Kier molecular flexibility index (Phi) is 6.08. The number of hydrogen-bond acceptors (Lipinski definition) is 7.